The van der Waals surface area contributed by atoms with E-state index in [0.717, 1.165) is 25.4 Å². The van der Waals surface area contributed by atoms with Crippen molar-refractivity contribution in [3.05, 3.63) is 12.2 Å². The van der Waals surface area contributed by atoms with Crippen LogP contribution in [0.2, 0.25) is 0 Å². The minimum absolute atomic E-state index is 0.0254. The third-order valence-corrected chi connectivity index (χ3v) is 4.28. The molecule has 0 heterocycles. The molecule has 2 aliphatic rings. The van der Waals surface area contributed by atoms with Crippen LogP contribution in [-0.2, 0) is 19.1 Å². The number of carbonyl (C=O) groups excluding carboxylic acids is 4. The Bertz CT molecular complexity index is 618. The Morgan fingerprint density at radius 2 is 1.38 bits per heavy atom. The monoisotopic (exact) mass is 410 g/mol. The van der Waals surface area contributed by atoms with Crippen LogP contribution < -0.4 is 10.6 Å². The van der Waals surface area contributed by atoms with Gasteiger partial charge in [0.15, 0.2) is 0 Å². The van der Waals surface area contributed by atoms with Gasteiger partial charge in [0.1, 0.15) is 23.8 Å². The highest BCUT2D eigenvalue weighted by Crippen LogP contribution is 2.25. The van der Waals surface area contributed by atoms with Crippen molar-refractivity contribution >= 4 is 24.8 Å². The Kier molecular flexibility index (Phi) is 8.85. The molecule has 0 radical (unpaired) electrons. The lowest BCUT2D eigenvalue weighted by Gasteiger charge is -2.33. The fourth-order valence-electron chi connectivity index (χ4n) is 2.74. The number of hydrogen-bond acceptors (Lipinski definition) is 6. The Balaban J connectivity index is 0.000000291. The van der Waals surface area contributed by atoms with Crippen LogP contribution >= 0.6 is 0 Å². The number of alkyl carbamates (subject to hydrolysis) is 2. The van der Waals surface area contributed by atoms with Crippen molar-refractivity contribution in [3.63, 3.8) is 0 Å². The van der Waals surface area contributed by atoms with Crippen molar-refractivity contribution in [1.82, 2.24) is 10.6 Å². The molecule has 0 spiro atoms. The predicted molar refractivity (Wildman–Crippen MR) is 108 cm³/mol. The molecule has 4 unspecified atom stereocenters. The number of ether oxygens (including phenoxy) is 2. The molecule has 2 rings (SSSR count). The lowest BCUT2D eigenvalue weighted by molar-refractivity contribution is -0.114. The van der Waals surface area contributed by atoms with E-state index in [1.165, 1.54) is 0 Å². The zero-order chi connectivity index (χ0) is 22.2. The molecule has 2 N–H and O–H groups in total. The third kappa shape index (κ3) is 9.58. The second-order valence-corrected chi connectivity index (χ2v) is 9.27. The fraction of sp³-hybridized carbons (Fsp3) is 0.714. The maximum atomic E-state index is 11.4. The summed E-state index contributed by atoms with van der Waals surface area (Å²) in [6, 6.07) is -0.250. The molecule has 8 nitrogen and oxygen atoms in total. The SMILES string of the molecule is CC(C)(C)OC(=O)NC1C=CCC1C=O.CC(C)(C)OC(=O)NC1CCC1C=O. The Hall–Kier alpha value is -2.38. The topological polar surface area (TPSA) is 111 Å². The molecule has 0 bridgehead atoms. The molecule has 2 aliphatic carbocycles. The van der Waals surface area contributed by atoms with Gasteiger partial charge in [-0.25, -0.2) is 9.59 Å². The van der Waals surface area contributed by atoms with Gasteiger partial charge in [-0.1, -0.05) is 12.2 Å². The van der Waals surface area contributed by atoms with Crippen LogP contribution in [0.15, 0.2) is 12.2 Å². The maximum absolute atomic E-state index is 11.4. The largest absolute Gasteiger partial charge is 0.444 e. The second-order valence-electron chi connectivity index (χ2n) is 9.27. The van der Waals surface area contributed by atoms with Crippen LogP contribution in [0, 0.1) is 11.8 Å². The van der Waals surface area contributed by atoms with Crippen LogP contribution in [0.3, 0.4) is 0 Å². The molecule has 8 heteroatoms. The summed E-state index contributed by atoms with van der Waals surface area (Å²) in [7, 11) is 0. The van der Waals surface area contributed by atoms with Crippen molar-refractivity contribution in [2.75, 3.05) is 0 Å². The minimum atomic E-state index is -0.511. The van der Waals surface area contributed by atoms with Crippen molar-refractivity contribution in [2.45, 2.75) is 84.1 Å². The van der Waals surface area contributed by atoms with Gasteiger partial charge in [-0.05, 0) is 60.8 Å². The lowest BCUT2D eigenvalue weighted by atomic mass is 9.81. The normalized spacial score (nSPS) is 25.6. The molecule has 2 amide bonds. The molecule has 0 aromatic carbocycles. The first-order valence-corrected chi connectivity index (χ1v) is 9.91. The van der Waals surface area contributed by atoms with E-state index in [0.29, 0.717) is 6.42 Å². The molecule has 0 aromatic rings. The van der Waals surface area contributed by atoms with Crippen LogP contribution in [0.25, 0.3) is 0 Å². The summed E-state index contributed by atoms with van der Waals surface area (Å²) < 4.78 is 10.2. The third-order valence-electron chi connectivity index (χ3n) is 4.28. The smallest absolute Gasteiger partial charge is 0.408 e. The summed E-state index contributed by atoms with van der Waals surface area (Å²) in [5.41, 5.74) is -0.992. The number of amides is 2. The highest BCUT2D eigenvalue weighted by Gasteiger charge is 2.32. The van der Waals surface area contributed by atoms with Gasteiger partial charge in [-0.3, -0.25) is 0 Å². The fourth-order valence-corrected chi connectivity index (χ4v) is 2.74. The molecule has 0 aromatic heterocycles. The molecule has 4 atom stereocenters. The quantitative estimate of drug-likeness (QED) is 0.544. The second kappa shape index (κ2) is 10.4. The van der Waals surface area contributed by atoms with Gasteiger partial charge in [-0.2, -0.15) is 0 Å². The summed E-state index contributed by atoms with van der Waals surface area (Å²) in [4.78, 5) is 43.8. The van der Waals surface area contributed by atoms with Gasteiger partial charge in [0, 0.05) is 17.9 Å². The zero-order valence-electron chi connectivity index (χ0n) is 18.2. The summed E-state index contributed by atoms with van der Waals surface area (Å²) in [5, 5.41) is 5.34. The van der Waals surface area contributed by atoms with Crippen LogP contribution in [-0.4, -0.2) is 48.0 Å². The zero-order valence-corrected chi connectivity index (χ0v) is 18.2. The molecular formula is C21H34N2O6. The Morgan fingerprint density at radius 1 is 0.862 bits per heavy atom. The highest BCUT2D eigenvalue weighted by atomic mass is 16.6. The van der Waals surface area contributed by atoms with Gasteiger partial charge < -0.3 is 29.7 Å². The van der Waals surface area contributed by atoms with E-state index >= 15 is 0 Å². The van der Waals surface area contributed by atoms with Crippen LogP contribution in [0.5, 0.6) is 0 Å². The average molecular weight is 411 g/mol. The molecular weight excluding hydrogens is 376 g/mol. The van der Waals surface area contributed by atoms with E-state index < -0.39 is 23.4 Å². The maximum Gasteiger partial charge on any atom is 0.408 e. The number of hydrogen-bond donors (Lipinski definition) is 2. The van der Waals surface area contributed by atoms with E-state index in [-0.39, 0.29) is 23.9 Å². The standard InChI is InChI=1S/C11H17NO3.C10H17NO3/c1-11(2,3)15-10(14)12-9-6-4-5-8(9)7-13;1-10(2,3)14-9(13)11-8-5-4-7(8)6-12/h4,6-9H,5H2,1-3H3,(H,12,14);6-8H,4-5H2,1-3H3,(H,11,13). The van der Waals surface area contributed by atoms with Crippen molar-refractivity contribution < 1.29 is 28.7 Å². The van der Waals surface area contributed by atoms with Crippen molar-refractivity contribution in [2.24, 2.45) is 11.8 Å². The van der Waals surface area contributed by atoms with Gasteiger partial charge in [0.2, 0.25) is 0 Å². The highest BCUT2D eigenvalue weighted by molar-refractivity contribution is 5.70. The summed E-state index contributed by atoms with van der Waals surface area (Å²) >= 11 is 0. The Labute approximate surface area is 172 Å². The van der Waals surface area contributed by atoms with Crippen LogP contribution in [0.1, 0.15) is 60.8 Å². The molecule has 1 saturated carbocycles. The molecule has 1 fully saturated rings. The van der Waals surface area contributed by atoms with E-state index in [9.17, 15) is 19.2 Å². The number of allylic oxidation sites excluding steroid dienone is 1. The predicted octanol–water partition coefficient (Wildman–Crippen LogP) is 3.14. The van der Waals surface area contributed by atoms with Gasteiger partial charge >= 0.3 is 12.2 Å². The summed E-state index contributed by atoms with van der Waals surface area (Å²) in [6.45, 7) is 10.8. The van der Waals surface area contributed by atoms with E-state index in [2.05, 4.69) is 10.6 Å². The lowest BCUT2D eigenvalue weighted by Crippen LogP contribution is -2.48. The number of aldehydes is 2. The molecule has 164 valence electrons. The first-order chi connectivity index (χ1) is 13.3. The first-order valence-electron chi connectivity index (χ1n) is 9.91. The van der Waals surface area contributed by atoms with Gasteiger partial charge in [0.05, 0.1) is 6.04 Å². The first kappa shape index (κ1) is 24.7. The van der Waals surface area contributed by atoms with E-state index in [1.54, 1.807) is 20.8 Å². The van der Waals surface area contributed by atoms with E-state index in [1.807, 2.05) is 32.9 Å². The van der Waals surface area contributed by atoms with Crippen molar-refractivity contribution in [3.8, 4) is 0 Å². The van der Waals surface area contributed by atoms with Crippen molar-refractivity contribution in [1.29, 1.82) is 0 Å². The van der Waals surface area contributed by atoms with Gasteiger partial charge in [0.25, 0.3) is 0 Å². The number of nitrogens with one attached hydrogen (secondary N) is 2. The van der Waals surface area contributed by atoms with E-state index in [4.69, 9.17) is 9.47 Å². The number of carbonyl (C=O) groups is 4. The van der Waals surface area contributed by atoms with Crippen LogP contribution in [0.4, 0.5) is 9.59 Å². The molecule has 0 saturated heterocycles. The summed E-state index contributed by atoms with van der Waals surface area (Å²) in [6.07, 6.45) is 6.97. The molecule has 0 aliphatic heterocycles. The van der Waals surface area contributed by atoms with Gasteiger partial charge in [-0.15, -0.1) is 0 Å². The number of rotatable bonds is 4. The Morgan fingerprint density at radius 3 is 1.79 bits per heavy atom. The average Bonchev–Trinajstić information content (AvgIpc) is 2.96. The minimum Gasteiger partial charge on any atom is -0.444 e. The summed E-state index contributed by atoms with van der Waals surface area (Å²) in [5.74, 6) is -0.181. The molecule has 29 heavy (non-hydrogen) atoms.